The number of carbonyl (C=O) groups excluding carboxylic acids is 2. The molecule has 0 heterocycles. The summed E-state index contributed by atoms with van der Waals surface area (Å²) >= 11 is 6.37. The van der Waals surface area contributed by atoms with E-state index in [0.29, 0.717) is 46.7 Å². The normalized spacial score (nSPS) is 12.9. The fraction of sp³-hybridized carbons (Fsp3) is 0.391. The van der Waals surface area contributed by atoms with Gasteiger partial charge in [0.1, 0.15) is 0 Å². The lowest BCUT2D eigenvalue weighted by atomic mass is 10.1. The lowest BCUT2D eigenvalue weighted by molar-refractivity contribution is -0.117. The van der Waals surface area contributed by atoms with Gasteiger partial charge < -0.3 is 20.1 Å². The number of halogens is 1. The molecule has 6 nitrogen and oxygen atoms in total. The standard InChI is InChI=1S/C23H27ClN2O4/c1-3-5-12-30-21-19(24)13-16(14-20(21)29-4-2)23(28)26-18-10-8-17(9-11-18)25-22(27)15-6-7-15/h8-11,13-15H,3-7,12H2,1-2H3,(H,25,27)(H,26,28). The molecule has 0 radical (unpaired) electrons. The minimum absolute atomic E-state index is 0.0473. The van der Waals surface area contributed by atoms with Crippen molar-refractivity contribution < 1.29 is 19.1 Å². The maximum atomic E-state index is 12.7. The first-order chi connectivity index (χ1) is 14.5. The minimum atomic E-state index is -0.312. The third-order valence-electron chi connectivity index (χ3n) is 4.67. The highest BCUT2D eigenvalue weighted by molar-refractivity contribution is 6.32. The molecule has 1 aliphatic rings. The molecule has 0 spiro atoms. The van der Waals surface area contributed by atoms with E-state index < -0.39 is 0 Å². The summed E-state index contributed by atoms with van der Waals surface area (Å²) in [6.45, 7) is 4.90. The van der Waals surface area contributed by atoms with E-state index in [-0.39, 0.29) is 17.7 Å². The van der Waals surface area contributed by atoms with Crippen molar-refractivity contribution >= 4 is 34.8 Å². The van der Waals surface area contributed by atoms with Crippen molar-refractivity contribution in [2.75, 3.05) is 23.8 Å². The van der Waals surface area contributed by atoms with E-state index in [9.17, 15) is 9.59 Å². The third kappa shape index (κ3) is 5.89. The molecule has 3 rings (SSSR count). The van der Waals surface area contributed by atoms with Crippen LogP contribution in [0.25, 0.3) is 0 Å². The predicted octanol–water partition coefficient (Wildman–Crippen LogP) is 5.52. The second-order valence-corrected chi connectivity index (χ2v) is 7.62. The summed E-state index contributed by atoms with van der Waals surface area (Å²) in [5.41, 5.74) is 1.69. The SMILES string of the molecule is CCCCOc1c(Cl)cc(C(=O)Nc2ccc(NC(=O)C3CC3)cc2)cc1OCC. The Morgan fingerprint density at radius 2 is 1.70 bits per heavy atom. The fourth-order valence-electron chi connectivity index (χ4n) is 2.85. The van der Waals surface area contributed by atoms with E-state index in [2.05, 4.69) is 17.6 Å². The number of rotatable bonds is 10. The van der Waals surface area contributed by atoms with Crippen LogP contribution in [0.15, 0.2) is 36.4 Å². The quantitative estimate of drug-likeness (QED) is 0.486. The first kappa shape index (κ1) is 22.0. The Labute approximate surface area is 181 Å². The number of benzene rings is 2. The van der Waals surface area contributed by atoms with Gasteiger partial charge in [0.05, 0.1) is 18.2 Å². The van der Waals surface area contributed by atoms with Crippen LogP contribution in [0.5, 0.6) is 11.5 Å². The second kappa shape index (κ2) is 10.3. The van der Waals surface area contributed by atoms with Crippen molar-refractivity contribution in [2.45, 2.75) is 39.5 Å². The first-order valence-corrected chi connectivity index (χ1v) is 10.7. The number of ether oxygens (including phenoxy) is 2. The van der Waals surface area contributed by atoms with Crippen molar-refractivity contribution in [2.24, 2.45) is 5.92 Å². The molecule has 160 valence electrons. The Balaban J connectivity index is 1.68. The van der Waals surface area contributed by atoms with Crippen LogP contribution in [-0.2, 0) is 4.79 Å². The first-order valence-electron chi connectivity index (χ1n) is 10.3. The molecule has 0 aliphatic heterocycles. The summed E-state index contributed by atoms with van der Waals surface area (Å²) in [6, 6.07) is 10.2. The van der Waals surface area contributed by atoms with Gasteiger partial charge >= 0.3 is 0 Å². The summed E-state index contributed by atoms with van der Waals surface area (Å²) in [7, 11) is 0. The van der Waals surface area contributed by atoms with E-state index in [1.165, 1.54) is 0 Å². The van der Waals surface area contributed by atoms with Crippen molar-refractivity contribution in [1.29, 1.82) is 0 Å². The summed E-state index contributed by atoms with van der Waals surface area (Å²) in [5.74, 6) is 0.783. The van der Waals surface area contributed by atoms with Crippen LogP contribution in [0, 0.1) is 5.92 Å². The summed E-state index contributed by atoms with van der Waals surface area (Å²) in [4.78, 5) is 24.6. The van der Waals surface area contributed by atoms with E-state index in [1.54, 1.807) is 36.4 Å². The van der Waals surface area contributed by atoms with Crippen molar-refractivity contribution in [3.63, 3.8) is 0 Å². The largest absolute Gasteiger partial charge is 0.490 e. The Kier molecular flexibility index (Phi) is 7.57. The summed E-state index contributed by atoms with van der Waals surface area (Å²) in [6.07, 6.45) is 3.82. The number of hydrogen-bond donors (Lipinski definition) is 2. The molecule has 1 fully saturated rings. The maximum Gasteiger partial charge on any atom is 0.255 e. The van der Waals surface area contributed by atoms with Crippen LogP contribution in [0.4, 0.5) is 11.4 Å². The molecule has 0 saturated heterocycles. The topological polar surface area (TPSA) is 76.7 Å². The highest BCUT2D eigenvalue weighted by Crippen LogP contribution is 2.37. The Hall–Kier alpha value is -2.73. The van der Waals surface area contributed by atoms with Crippen molar-refractivity contribution in [3.8, 4) is 11.5 Å². The van der Waals surface area contributed by atoms with Crippen LogP contribution >= 0.6 is 11.6 Å². The zero-order valence-corrected chi connectivity index (χ0v) is 18.1. The molecule has 0 atom stereocenters. The Morgan fingerprint density at radius 1 is 1.03 bits per heavy atom. The molecule has 2 amide bonds. The predicted molar refractivity (Wildman–Crippen MR) is 119 cm³/mol. The van der Waals surface area contributed by atoms with E-state index in [1.807, 2.05) is 6.92 Å². The molecule has 1 saturated carbocycles. The number of hydrogen-bond acceptors (Lipinski definition) is 4. The number of anilines is 2. The molecule has 0 aromatic heterocycles. The molecule has 1 aliphatic carbocycles. The average molecular weight is 431 g/mol. The maximum absolute atomic E-state index is 12.7. The monoisotopic (exact) mass is 430 g/mol. The molecular weight excluding hydrogens is 404 g/mol. The van der Waals surface area contributed by atoms with Crippen LogP contribution in [0.3, 0.4) is 0 Å². The number of carbonyl (C=O) groups is 2. The molecule has 2 aromatic carbocycles. The van der Waals surface area contributed by atoms with Gasteiger partial charge in [-0.1, -0.05) is 24.9 Å². The molecule has 2 N–H and O–H groups in total. The molecule has 0 bridgehead atoms. The second-order valence-electron chi connectivity index (χ2n) is 7.22. The highest BCUT2D eigenvalue weighted by atomic mass is 35.5. The van der Waals surface area contributed by atoms with Gasteiger partial charge in [0.2, 0.25) is 5.91 Å². The molecule has 7 heteroatoms. The lowest BCUT2D eigenvalue weighted by Crippen LogP contribution is -2.14. The average Bonchev–Trinajstić information content (AvgIpc) is 3.57. The number of amides is 2. The Bertz CT molecular complexity index is 895. The van der Waals surface area contributed by atoms with Crippen LogP contribution in [0.1, 0.15) is 49.9 Å². The highest BCUT2D eigenvalue weighted by Gasteiger charge is 2.29. The molecule has 0 unspecified atom stereocenters. The Morgan fingerprint density at radius 3 is 2.30 bits per heavy atom. The summed E-state index contributed by atoms with van der Waals surface area (Å²) < 4.78 is 11.4. The van der Waals surface area contributed by atoms with E-state index >= 15 is 0 Å². The summed E-state index contributed by atoms with van der Waals surface area (Å²) in [5, 5.41) is 6.04. The van der Waals surface area contributed by atoms with Crippen LogP contribution in [-0.4, -0.2) is 25.0 Å². The van der Waals surface area contributed by atoms with Gasteiger partial charge in [-0.2, -0.15) is 0 Å². The van der Waals surface area contributed by atoms with Gasteiger partial charge in [-0.15, -0.1) is 0 Å². The molecule has 2 aromatic rings. The zero-order chi connectivity index (χ0) is 21.5. The van der Waals surface area contributed by atoms with E-state index in [4.69, 9.17) is 21.1 Å². The van der Waals surface area contributed by atoms with Crippen LogP contribution < -0.4 is 20.1 Å². The third-order valence-corrected chi connectivity index (χ3v) is 4.96. The molecule has 30 heavy (non-hydrogen) atoms. The van der Waals surface area contributed by atoms with Gasteiger partial charge in [0.15, 0.2) is 11.5 Å². The molecular formula is C23H27ClN2O4. The van der Waals surface area contributed by atoms with Gasteiger partial charge in [-0.05, 0) is 62.6 Å². The number of nitrogens with one attached hydrogen (secondary N) is 2. The minimum Gasteiger partial charge on any atom is -0.490 e. The smallest absolute Gasteiger partial charge is 0.255 e. The number of unbranched alkanes of at least 4 members (excludes halogenated alkanes) is 1. The van der Waals surface area contributed by atoms with Crippen molar-refractivity contribution in [3.05, 3.63) is 47.0 Å². The fourth-order valence-corrected chi connectivity index (χ4v) is 3.12. The lowest BCUT2D eigenvalue weighted by Gasteiger charge is -2.15. The van der Waals surface area contributed by atoms with Crippen molar-refractivity contribution in [1.82, 2.24) is 0 Å². The van der Waals surface area contributed by atoms with Gasteiger partial charge in [-0.25, -0.2) is 0 Å². The van der Waals surface area contributed by atoms with E-state index in [0.717, 1.165) is 25.7 Å². The van der Waals surface area contributed by atoms with Gasteiger partial charge in [0, 0.05) is 22.9 Å². The van der Waals surface area contributed by atoms with Crippen LogP contribution in [0.2, 0.25) is 5.02 Å². The van der Waals surface area contributed by atoms with Gasteiger partial charge in [-0.3, -0.25) is 9.59 Å². The zero-order valence-electron chi connectivity index (χ0n) is 17.3. The van der Waals surface area contributed by atoms with Gasteiger partial charge in [0.25, 0.3) is 5.91 Å².